The van der Waals surface area contributed by atoms with Crippen molar-refractivity contribution in [3.05, 3.63) is 53.2 Å². The summed E-state index contributed by atoms with van der Waals surface area (Å²) in [7, 11) is 0. The lowest BCUT2D eigenvalue weighted by molar-refractivity contribution is -0.125. The molecule has 2 N–H and O–H groups in total. The SMILES string of the molecule is CC#CC(=O)N1CCN(c2nc(-c3cnn(Cc4ccccc4)c3)c(C(N)=O)s2)CC1. The van der Waals surface area contributed by atoms with Crippen LogP contribution >= 0.6 is 11.3 Å². The van der Waals surface area contributed by atoms with Crippen LogP contribution < -0.4 is 10.6 Å². The van der Waals surface area contributed by atoms with Gasteiger partial charge in [0.2, 0.25) is 0 Å². The van der Waals surface area contributed by atoms with Crippen LogP contribution in [0.25, 0.3) is 11.3 Å². The predicted octanol–water partition coefficient (Wildman–Crippen LogP) is 1.83. The Bertz CT molecular complexity index is 1150. The molecule has 31 heavy (non-hydrogen) atoms. The van der Waals surface area contributed by atoms with Crippen LogP contribution in [-0.4, -0.2) is 57.7 Å². The number of aromatic nitrogens is 3. The lowest BCUT2D eigenvalue weighted by Gasteiger charge is -2.33. The third-order valence-corrected chi connectivity index (χ3v) is 6.13. The maximum atomic E-state index is 12.1. The number of carbonyl (C=O) groups is 2. The fourth-order valence-electron chi connectivity index (χ4n) is 3.44. The molecule has 0 unspecified atom stereocenters. The van der Waals surface area contributed by atoms with Crippen LogP contribution in [0.2, 0.25) is 0 Å². The second kappa shape index (κ2) is 9.02. The fourth-order valence-corrected chi connectivity index (χ4v) is 4.43. The molecular weight excluding hydrogens is 412 g/mol. The summed E-state index contributed by atoms with van der Waals surface area (Å²) in [5.41, 5.74) is 8.06. The van der Waals surface area contributed by atoms with Gasteiger partial charge >= 0.3 is 0 Å². The molecule has 8 nitrogen and oxygen atoms in total. The molecule has 1 aromatic carbocycles. The number of anilines is 1. The van der Waals surface area contributed by atoms with Crippen molar-refractivity contribution in [2.75, 3.05) is 31.1 Å². The molecule has 1 saturated heterocycles. The lowest BCUT2D eigenvalue weighted by Crippen LogP contribution is -2.48. The Kier molecular flexibility index (Phi) is 6.00. The summed E-state index contributed by atoms with van der Waals surface area (Å²) in [5, 5.41) is 5.13. The highest BCUT2D eigenvalue weighted by Crippen LogP contribution is 2.33. The predicted molar refractivity (Wildman–Crippen MR) is 120 cm³/mol. The standard InChI is InChI=1S/C22H22N6O2S/c1-2-6-18(29)26-9-11-27(12-10-26)22-25-19(20(31-22)21(23)30)17-13-24-28(15-17)14-16-7-4-3-5-8-16/h3-5,7-8,13,15H,9-12,14H2,1H3,(H2,23,30). The molecule has 2 amide bonds. The molecule has 0 aliphatic carbocycles. The second-order valence-corrected chi connectivity index (χ2v) is 8.08. The van der Waals surface area contributed by atoms with Crippen molar-refractivity contribution in [2.45, 2.75) is 13.5 Å². The van der Waals surface area contributed by atoms with Gasteiger partial charge in [0.1, 0.15) is 4.88 Å². The van der Waals surface area contributed by atoms with E-state index in [1.54, 1.807) is 18.0 Å². The average molecular weight is 435 g/mol. The van der Waals surface area contributed by atoms with Gasteiger partial charge in [0, 0.05) is 37.9 Å². The number of hydrogen-bond acceptors (Lipinski definition) is 6. The van der Waals surface area contributed by atoms with Crippen molar-refractivity contribution in [1.29, 1.82) is 0 Å². The highest BCUT2D eigenvalue weighted by Gasteiger charge is 2.25. The zero-order chi connectivity index (χ0) is 21.8. The Labute approximate surface area is 184 Å². The number of amides is 2. The minimum Gasteiger partial charge on any atom is -0.365 e. The van der Waals surface area contributed by atoms with E-state index >= 15 is 0 Å². The number of rotatable bonds is 5. The molecule has 0 bridgehead atoms. The van der Waals surface area contributed by atoms with Gasteiger partial charge in [-0.1, -0.05) is 47.6 Å². The molecule has 4 rings (SSSR count). The van der Waals surface area contributed by atoms with Gasteiger partial charge in [0.05, 0.1) is 18.4 Å². The maximum absolute atomic E-state index is 12.1. The Morgan fingerprint density at radius 2 is 1.90 bits per heavy atom. The molecule has 0 radical (unpaired) electrons. The molecule has 1 aliphatic heterocycles. The second-order valence-electron chi connectivity index (χ2n) is 7.10. The first-order valence-electron chi connectivity index (χ1n) is 9.89. The number of piperazine rings is 1. The van der Waals surface area contributed by atoms with Gasteiger partial charge in [-0.15, -0.1) is 0 Å². The van der Waals surface area contributed by atoms with Gasteiger partial charge in [-0.05, 0) is 18.4 Å². The average Bonchev–Trinajstić information content (AvgIpc) is 3.42. The van der Waals surface area contributed by atoms with Gasteiger partial charge in [-0.2, -0.15) is 5.10 Å². The van der Waals surface area contributed by atoms with Crippen molar-refractivity contribution in [3.8, 4) is 23.1 Å². The van der Waals surface area contributed by atoms with E-state index in [4.69, 9.17) is 10.7 Å². The first kappa shape index (κ1) is 20.6. The largest absolute Gasteiger partial charge is 0.365 e. The molecule has 1 aliphatic rings. The van der Waals surface area contributed by atoms with Crippen molar-refractivity contribution < 1.29 is 9.59 Å². The molecular formula is C22H22N6O2S. The highest BCUT2D eigenvalue weighted by molar-refractivity contribution is 7.18. The van der Waals surface area contributed by atoms with Crippen LogP contribution in [0.5, 0.6) is 0 Å². The Balaban J connectivity index is 1.53. The molecule has 3 aromatic rings. The van der Waals surface area contributed by atoms with E-state index in [0.29, 0.717) is 48.4 Å². The summed E-state index contributed by atoms with van der Waals surface area (Å²) >= 11 is 1.27. The zero-order valence-electron chi connectivity index (χ0n) is 17.1. The summed E-state index contributed by atoms with van der Waals surface area (Å²) < 4.78 is 1.81. The molecule has 0 saturated carbocycles. The molecule has 158 valence electrons. The monoisotopic (exact) mass is 434 g/mol. The van der Waals surface area contributed by atoms with Gasteiger partial charge in [0.15, 0.2) is 5.13 Å². The van der Waals surface area contributed by atoms with E-state index in [1.165, 1.54) is 11.3 Å². The summed E-state index contributed by atoms with van der Waals surface area (Å²) in [4.78, 5) is 33.0. The van der Waals surface area contributed by atoms with Gasteiger partial charge < -0.3 is 15.5 Å². The molecule has 0 atom stereocenters. The molecule has 9 heteroatoms. The van der Waals surface area contributed by atoms with Crippen LogP contribution in [0, 0.1) is 11.8 Å². The van der Waals surface area contributed by atoms with Crippen LogP contribution in [0.1, 0.15) is 22.2 Å². The number of benzene rings is 1. The topological polar surface area (TPSA) is 97.3 Å². The van der Waals surface area contributed by atoms with E-state index in [0.717, 1.165) is 11.1 Å². The number of nitrogens with two attached hydrogens (primary N) is 1. The Hall–Kier alpha value is -3.64. The number of primary amides is 1. The van der Waals surface area contributed by atoms with Crippen molar-refractivity contribution in [3.63, 3.8) is 0 Å². The smallest absolute Gasteiger partial charge is 0.298 e. The first-order valence-corrected chi connectivity index (χ1v) is 10.7. The number of nitrogens with zero attached hydrogens (tertiary/aromatic N) is 5. The lowest BCUT2D eigenvalue weighted by atomic mass is 10.2. The summed E-state index contributed by atoms with van der Waals surface area (Å²) in [5.74, 6) is 4.54. The summed E-state index contributed by atoms with van der Waals surface area (Å²) in [6, 6.07) is 10.0. The van der Waals surface area contributed by atoms with E-state index in [1.807, 2.05) is 41.2 Å². The highest BCUT2D eigenvalue weighted by atomic mass is 32.1. The van der Waals surface area contributed by atoms with Gasteiger partial charge in [-0.25, -0.2) is 4.98 Å². The molecule has 0 spiro atoms. The van der Waals surface area contributed by atoms with Gasteiger partial charge in [0.25, 0.3) is 11.8 Å². The minimum absolute atomic E-state index is 0.161. The molecule has 2 aromatic heterocycles. The van der Waals surface area contributed by atoms with Crippen LogP contribution in [0.15, 0.2) is 42.7 Å². The van der Waals surface area contributed by atoms with Crippen molar-refractivity contribution in [2.24, 2.45) is 5.73 Å². The summed E-state index contributed by atoms with van der Waals surface area (Å²) in [6.45, 7) is 4.64. The van der Waals surface area contributed by atoms with E-state index in [-0.39, 0.29) is 5.91 Å². The Morgan fingerprint density at radius 3 is 2.58 bits per heavy atom. The zero-order valence-corrected chi connectivity index (χ0v) is 17.9. The number of carbonyl (C=O) groups excluding carboxylic acids is 2. The van der Waals surface area contributed by atoms with Crippen LogP contribution in [-0.2, 0) is 11.3 Å². The normalized spacial score (nSPS) is 13.6. The fraction of sp³-hybridized carbons (Fsp3) is 0.273. The van der Waals surface area contributed by atoms with Crippen LogP contribution in [0.4, 0.5) is 5.13 Å². The third kappa shape index (κ3) is 4.59. The third-order valence-electron chi connectivity index (χ3n) is 5.00. The van der Waals surface area contributed by atoms with Crippen molar-refractivity contribution >= 4 is 28.3 Å². The van der Waals surface area contributed by atoms with Crippen molar-refractivity contribution in [1.82, 2.24) is 19.7 Å². The first-order chi connectivity index (χ1) is 15.0. The minimum atomic E-state index is -0.512. The van der Waals surface area contributed by atoms with E-state index in [9.17, 15) is 9.59 Å². The van der Waals surface area contributed by atoms with E-state index in [2.05, 4.69) is 21.8 Å². The summed E-state index contributed by atoms with van der Waals surface area (Å²) in [6.07, 6.45) is 3.58. The number of hydrogen-bond donors (Lipinski definition) is 1. The Morgan fingerprint density at radius 1 is 1.16 bits per heavy atom. The number of thiazole rings is 1. The van der Waals surface area contributed by atoms with Gasteiger partial charge in [-0.3, -0.25) is 14.3 Å². The van der Waals surface area contributed by atoms with Crippen LogP contribution in [0.3, 0.4) is 0 Å². The van der Waals surface area contributed by atoms with E-state index < -0.39 is 5.91 Å². The maximum Gasteiger partial charge on any atom is 0.298 e. The molecule has 3 heterocycles. The molecule has 1 fully saturated rings. The quantitative estimate of drug-likeness (QED) is 0.618.